The quantitative estimate of drug-likeness (QED) is 0.689. The van der Waals surface area contributed by atoms with Gasteiger partial charge in [-0.05, 0) is 0 Å². The number of hydrogen-bond acceptors (Lipinski definition) is 6. The second kappa shape index (κ2) is 5.83. The van der Waals surface area contributed by atoms with E-state index in [2.05, 4.69) is 4.74 Å². The third-order valence-electron chi connectivity index (χ3n) is 2.75. The second-order valence-corrected chi connectivity index (χ2v) is 5.97. The van der Waals surface area contributed by atoms with E-state index in [1.54, 1.807) is 4.72 Å². The van der Waals surface area contributed by atoms with Gasteiger partial charge in [0, 0.05) is 39.6 Å². The summed E-state index contributed by atoms with van der Waals surface area (Å²) >= 11 is 0. The molecule has 1 rings (SSSR count). The van der Waals surface area contributed by atoms with Gasteiger partial charge in [-0.25, -0.2) is 9.52 Å². The molecule has 0 spiro atoms. The standard InChI is InChI=1S/C9H18N2O6S/c1-11(18(14,15)10-8(12)16-2)7-9(13)3-5-17-6-4-9/h13H,3-7H2,1-2H3,(H,10,12). The van der Waals surface area contributed by atoms with Crippen LogP contribution in [0.15, 0.2) is 0 Å². The van der Waals surface area contributed by atoms with Gasteiger partial charge in [0.1, 0.15) is 0 Å². The van der Waals surface area contributed by atoms with Crippen LogP contribution in [0.4, 0.5) is 4.79 Å². The number of ether oxygens (including phenoxy) is 2. The predicted molar refractivity (Wildman–Crippen MR) is 62.1 cm³/mol. The third-order valence-corrected chi connectivity index (χ3v) is 4.12. The fraction of sp³-hybridized carbons (Fsp3) is 0.889. The van der Waals surface area contributed by atoms with Crippen LogP contribution in [-0.4, -0.2) is 63.4 Å². The molecule has 0 saturated carbocycles. The number of methoxy groups -OCH3 is 1. The lowest BCUT2D eigenvalue weighted by Crippen LogP contribution is -2.50. The summed E-state index contributed by atoms with van der Waals surface area (Å²) in [6.07, 6.45) is -0.364. The van der Waals surface area contributed by atoms with Crippen molar-refractivity contribution in [3.63, 3.8) is 0 Å². The lowest BCUT2D eigenvalue weighted by atomic mass is 9.95. The molecule has 1 fully saturated rings. The molecule has 1 aliphatic heterocycles. The predicted octanol–water partition coefficient (Wildman–Crippen LogP) is -0.939. The van der Waals surface area contributed by atoms with Crippen LogP contribution in [0.25, 0.3) is 0 Å². The van der Waals surface area contributed by atoms with Gasteiger partial charge in [0.25, 0.3) is 0 Å². The molecule has 1 aliphatic rings. The Labute approximate surface area is 106 Å². The molecule has 0 bridgehead atoms. The summed E-state index contributed by atoms with van der Waals surface area (Å²) in [5.74, 6) is 0. The van der Waals surface area contributed by atoms with Gasteiger partial charge in [0.2, 0.25) is 0 Å². The number of hydrogen-bond donors (Lipinski definition) is 2. The van der Waals surface area contributed by atoms with Crippen LogP contribution in [-0.2, 0) is 19.7 Å². The van der Waals surface area contributed by atoms with Crippen molar-refractivity contribution in [3.05, 3.63) is 0 Å². The van der Waals surface area contributed by atoms with Gasteiger partial charge >= 0.3 is 16.3 Å². The Kier molecular flexibility index (Phi) is 4.91. The van der Waals surface area contributed by atoms with Crippen molar-refractivity contribution in [2.45, 2.75) is 18.4 Å². The van der Waals surface area contributed by atoms with Gasteiger partial charge in [-0.15, -0.1) is 0 Å². The van der Waals surface area contributed by atoms with Crippen LogP contribution in [0.2, 0.25) is 0 Å². The lowest BCUT2D eigenvalue weighted by molar-refractivity contribution is -0.0690. The van der Waals surface area contributed by atoms with E-state index in [0.29, 0.717) is 26.1 Å². The number of aliphatic hydroxyl groups is 1. The molecule has 0 unspecified atom stereocenters. The monoisotopic (exact) mass is 282 g/mol. The van der Waals surface area contributed by atoms with Crippen LogP contribution in [0.5, 0.6) is 0 Å². The van der Waals surface area contributed by atoms with E-state index >= 15 is 0 Å². The Morgan fingerprint density at radius 1 is 1.50 bits per heavy atom. The average Bonchev–Trinajstić information content (AvgIpc) is 2.28. The topological polar surface area (TPSA) is 105 Å². The van der Waals surface area contributed by atoms with Gasteiger partial charge in [-0.1, -0.05) is 0 Å². The molecule has 0 atom stereocenters. The molecule has 1 amide bonds. The van der Waals surface area contributed by atoms with Crippen molar-refractivity contribution in [1.82, 2.24) is 9.03 Å². The molecule has 106 valence electrons. The maximum atomic E-state index is 11.7. The maximum Gasteiger partial charge on any atom is 0.421 e. The summed E-state index contributed by atoms with van der Waals surface area (Å²) in [6, 6.07) is 0. The zero-order valence-electron chi connectivity index (χ0n) is 10.4. The van der Waals surface area contributed by atoms with Crippen molar-refractivity contribution in [2.75, 3.05) is 33.9 Å². The number of carbonyl (C=O) groups is 1. The first-order valence-electron chi connectivity index (χ1n) is 5.41. The van der Waals surface area contributed by atoms with E-state index < -0.39 is 21.9 Å². The molecular weight excluding hydrogens is 264 g/mol. The van der Waals surface area contributed by atoms with E-state index in [4.69, 9.17) is 4.74 Å². The Hall–Kier alpha value is -0.900. The number of rotatable bonds is 4. The summed E-state index contributed by atoms with van der Waals surface area (Å²) in [6.45, 7) is 0.659. The molecule has 0 aromatic carbocycles. The van der Waals surface area contributed by atoms with Crippen molar-refractivity contribution in [1.29, 1.82) is 0 Å². The van der Waals surface area contributed by atoms with E-state index in [1.807, 2.05) is 0 Å². The van der Waals surface area contributed by atoms with Gasteiger partial charge in [-0.3, -0.25) is 0 Å². The molecular formula is C9H18N2O6S. The van der Waals surface area contributed by atoms with Crippen LogP contribution in [0.3, 0.4) is 0 Å². The van der Waals surface area contributed by atoms with Crippen molar-refractivity contribution < 1.29 is 27.8 Å². The van der Waals surface area contributed by atoms with Gasteiger partial charge in [0.15, 0.2) is 0 Å². The minimum Gasteiger partial charge on any atom is -0.452 e. The molecule has 1 saturated heterocycles. The normalized spacial score (nSPS) is 19.6. The highest BCUT2D eigenvalue weighted by molar-refractivity contribution is 7.87. The number of amides is 1. The molecule has 8 nitrogen and oxygen atoms in total. The second-order valence-electron chi connectivity index (χ2n) is 4.19. The number of nitrogens with zero attached hydrogens (tertiary/aromatic N) is 1. The van der Waals surface area contributed by atoms with Crippen LogP contribution >= 0.6 is 0 Å². The van der Waals surface area contributed by atoms with E-state index in [-0.39, 0.29) is 6.54 Å². The van der Waals surface area contributed by atoms with E-state index in [9.17, 15) is 18.3 Å². The zero-order valence-corrected chi connectivity index (χ0v) is 11.2. The summed E-state index contributed by atoms with van der Waals surface area (Å²) in [5, 5.41) is 10.2. The highest BCUT2D eigenvalue weighted by Crippen LogP contribution is 2.21. The molecule has 1 heterocycles. The zero-order chi connectivity index (χ0) is 13.8. The summed E-state index contributed by atoms with van der Waals surface area (Å²) in [4.78, 5) is 10.9. The maximum absolute atomic E-state index is 11.7. The van der Waals surface area contributed by atoms with Crippen molar-refractivity contribution in [3.8, 4) is 0 Å². The van der Waals surface area contributed by atoms with Gasteiger partial charge < -0.3 is 14.6 Å². The fourth-order valence-electron chi connectivity index (χ4n) is 1.63. The Bertz CT molecular complexity index is 390. The van der Waals surface area contributed by atoms with Crippen LogP contribution in [0, 0.1) is 0 Å². The van der Waals surface area contributed by atoms with E-state index in [1.165, 1.54) is 7.05 Å². The lowest BCUT2D eigenvalue weighted by Gasteiger charge is -2.34. The molecule has 0 aromatic rings. The Balaban J connectivity index is 2.63. The number of likely N-dealkylation sites (N-methyl/N-ethyl adjacent to an activating group) is 1. The van der Waals surface area contributed by atoms with Crippen LogP contribution in [0.1, 0.15) is 12.8 Å². The largest absolute Gasteiger partial charge is 0.452 e. The number of nitrogens with one attached hydrogen (secondary N) is 1. The van der Waals surface area contributed by atoms with Gasteiger partial charge in [-0.2, -0.15) is 12.7 Å². The first-order chi connectivity index (χ1) is 8.29. The summed E-state index contributed by atoms with van der Waals surface area (Å²) < 4.78 is 35.3. The fourth-order valence-corrected chi connectivity index (χ4v) is 2.49. The minimum absolute atomic E-state index is 0.108. The third kappa shape index (κ3) is 4.09. The molecule has 2 N–H and O–H groups in total. The highest BCUT2D eigenvalue weighted by atomic mass is 32.2. The first kappa shape index (κ1) is 15.2. The highest BCUT2D eigenvalue weighted by Gasteiger charge is 2.34. The van der Waals surface area contributed by atoms with E-state index in [0.717, 1.165) is 11.4 Å². The summed E-state index contributed by atoms with van der Waals surface area (Å²) in [7, 11) is -1.66. The van der Waals surface area contributed by atoms with Crippen molar-refractivity contribution in [2.24, 2.45) is 0 Å². The Morgan fingerprint density at radius 2 is 2.06 bits per heavy atom. The average molecular weight is 282 g/mol. The molecule has 9 heteroatoms. The Morgan fingerprint density at radius 3 is 2.56 bits per heavy atom. The molecule has 0 aliphatic carbocycles. The number of carbonyl (C=O) groups excluding carboxylic acids is 1. The summed E-state index contributed by atoms with van der Waals surface area (Å²) in [5.41, 5.74) is -1.13. The SMILES string of the molecule is COC(=O)NS(=O)(=O)N(C)CC1(O)CCOCC1. The van der Waals surface area contributed by atoms with Crippen LogP contribution < -0.4 is 4.72 Å². The van der Waals surface area contributed by atoms with Crippen molar-refractivity contribution >= 4 is 16.3 Å². The minimum atomic E-state index is -4.00. The first-order valence-corrected chi connectivity index (χ1v) is 6.85. The van der Waals surface area contributed by atoms with Gasteiger partial charge in [0.05, 0.1) is 12.7 Å². The molecule has 0 radical (unpaired) electrons. The smallest absolute Gasteiger partial charge is 0.421 e. The molecule has 18 heavy (non-hydrogen) atoms. The molecule has 0 aromatic heterocycles.